The molecule has 1 aliphatic rings. The minimum absolute atomic E-state index is 0.00208. The Hall–Kier alpha value is -1.76. The smallest absolute Gasteiger partial charge is 0.213 e. The van der Waals surface area contributed by atoms with E-state index in [-0.39, 0.29) is 24.7 Å². The second-order valence-electron chi connectivity index (χ2n) is 5.62. The van der Waals surface area contributed by atoms with Crippen LogP contribution in [-0.2, 0) is 4.74 Å². The lowest BCUT2D eigenvalue weighted by Crippen LogP contribution is -2.39. The van der Waals surface area contributed by atoms with Crippen LogP contribution in [0.2, 0.25) is 0 Å². The van der Waals surface area contributed by atoms with Crippen LogP contribution < -0.4 is 10.5 Å². The third-order valence-corrected chi connectivity index (χ3v) is 4.19. The number of aliphatic hydroxyl groups excluding tert-OH is 1. The average Bonchev–Trinajstić information content (AvgIpc) is 2.57. The summed E-state index contributed by atoms with van der Waals surface area (Å²) in [4.78, 5) is 8.83. The standard InChI is InChI=1S/C16H21N3O3/c1-21-15-5-3-13-16(19-15)11(6-7-18-13)12(8-20)14-4-2-10(17)9-22-14/h3,5-7,10,12,14,20H,2,4,8-9,17H2,1H3/t10-,12?,14+/m1/s1. The van der Waals surface area contributed by atoms with Gasteiger partial charge >= 0.3 is 0 Å². The predicted molar refractivity (Wildman–Crippen MR) is 82.9 cm³/mol. The lowest BCUT2D eigenvalue weighted by atomic mass is 9.88. The van der Waals surface area contributed by atoms with Gasteiger partial charge < -0.3 is 20.3 Å². The van der Waals surface area contributed by atoms with E-state index in [0.29, 0.717) is 12.5 Å². The Bertz CT molecular complexity index is 642. The van der Waals surface area contributed by atoms with Gasteiger partial charge in [-0.1, -0.05) is 0 Å². The van der Waals surface area contributed by atoms with E-state index in [0.717, 1.165) is 29.4 Å². The second-order valence-corrected chi connectivity index (χ2v) is 5.62. The quantitative estimate of drug-likeness (QED) is 0.882. The Balaban J connectivity index is 1.99. The number of nitrogens with zero attached hydrogens (tertiary/aromatic N) is 2. The topological polar surface area (TPSA) is 90.5 Å². The van der Waals surface area contributed by atoms with Crippen LogP contribution in [0.3, 0.4) is 0 Å². The van der Waals surface area contributed by atoms with Crippen LogP contribution >= 0.6 is 0 Å². The molecular weight excluding hydrogens is 282 g/mol. The molecule has 0 aliphatic carbocycles. The summed E-state index contributed by atoms with van der Waals surface area (Å²) < 4.78 is 11.0. The summed E-state index contributed by atoms with van der Waals surface area (Å²) in [5, 5.41) is 9.89. The van der Waals surface area contributed by atoms with Crippen LogP contribution in [0, 0.1) is 0 Å². The van der Waals surface area contributed by atoms with Crippen LogP contribution in [0.25, 0.3) is 11.0 Å². The van der Waals surface area contributed by atoms with Gasteiger partial charge in [0.05, 0.1) is 37.5 Å². The highest BCUT2D eigenvalue weighted by Crippen LogP contribution is 2.31. The normalized spacial score (nSPS) is 23.4. The molecule has 1 saturated heterocycles. The van der Waals surface area contributed by atoms with Crippen molar-refractivity contribution in [2.24, 2.45) is 5.73 Å². The lowest BCUT2D eigenvalue weighted by molar-refractivity contribution is -0.0210. The Morgan fingerprint density at radius 2 is 2.27 bits per heavy atom. The Labute approximate surface area is 129 Å². The molecule has 3 N–H and O–H groups in total. The van der Waals surface area contributed by atoms with Crippen molar-refractivity contribution >= 4 is 11.0 Å². The molecule has 0 bridgehead atoms. The van der Waals surface area contributed by atoms with Gasteiger partial charge in [0.25, 0.3) is 0 Å². The number of aromatic nitrogens is 2. The number of rotatable bonds is 4. The van der Waals surface area contributed by atoms with Gasteiger partial charge in [-0.2, -0.15) is 0 Å². The van der Waals surface area contributed by atoms with Crippen molar-refractivity contribution < 1.29 is 14.6 Å². The molecule has 6 nitrogen and oxygen atoms in total. The van der Waals surface area contributed by atoms with Crippen molar-refractivity contribution in [3.63, 3.8) is 0 Å². The predicted octanol–water partition coefficient (Wildman–Crippen LogP) is 1.22. The van der Waals surface area contributed by atoms with Gasteiger partial charge in [-0.15, -0.1) is 0 Å². The maximum Gasteiger partial charge on any atom is 0.213 e. The fraction of sp³-hybridized carbons (Fsp3) is 0.500. The van der Waals surface area contributed by atoms with Gasteiger partial charge in [-0.05, 0) is 30.5 Å². The maximum atomic E-state index is 9.89. The molecule has 0 aromatic carbocycles. The molecule has 2 aromatic rings. The number of fused-ring (bicyclic) bond motifs is 1. The third-order valence-electron chi connectivity index (χ3n) is 4.19. The largest absolute Gasteiger partial charge is 0.481 e. The van der Waals surface area contributed by atoms with Crippen molar-refractivity contribution in [1.29, 1.82) is 0 Å². The molecule has 0 spiro atoms. The van der Waals surface area contributed by atoms with E-state index < -0.39 is 0 Å². The number of methoxy groups -OCH3 is 1. The van der Waals surface area contributed by atoms with Crippen molar-refractivity contribution in [2.75, 3.05) is 20.3 Å². The minimum atomic E-state index is -0.141. The lowest BCUT2D eigenvalue weighted by Gasteiger charge is -2.32. The summed E-state index contributed by atoms with van der Waals surface area (Å²) in [6.45, 7) is 0.527. The summed E-state index contributed by atoms with van der Waals surface area (Å²) in [6.07, 6.45) is 3.42. The molecule has 0 radical (unpaired) electrons. The molecule has 0 amide bonds. The van der Waals surface area contributed by atoms with E-state index in [1.54, 1.807) is 19.4 Å². The van der Waals surface area contributed by atoms with Crippen LogP contribution in [0.1, 0.15) is 24.3 Å². The molecule has 2 aromatic heterocycles. The number of aliphatic hydroxyl groups is 1. The van der Waals surface area contributed by atoms with Crippen molar-refractivity contribution in [3.05, 3.63) is 30.0 Å². The Kier molecular flexibility index (Phi) is 4.52. The highest BCUT2D eigenvalue weighted by atomic mass is 16.5. The van der Waals surface area contributed by atoms with Crippen LogP contribution in [0.15, 0.2) is 24.4 Å². The molecule has 22 heavy (non-hydrogen) atoms. The fourth-order valence-electron chi connectivity index (χ4n) is 2.97. The van der Waals surface area contributed by atoms with Gasteiger partial charge in [0.1, 0.15) is 0 Å². The fourth-order valence-corrected chi connectivity index (χ4v) is 2.97. The first kappa shape index (κ1) is 15.1. The summed E-state index contributed by atoms with van der Waals surface area (Å²) in [5.41, 5.74) is 8.35. The van der Waals surface area contributed by atoms with Crippen molar-refractivity contribution in [3.8, 4) is 5.88 Å². The number of hydrogen-bond acceptors (Lipinski definition) is 6. The number of nitrogens with two attached hydrogens (primary N) is 1. The molecular formula is C16H21N3O3. The zero-order valence-electron chi connectivity index (χ0n) is 12.6. The molecule has 3 atom stereocenters. The number of hydrogen-bond donors (Lipinski definition) is 2. The number of pyridine rings is 2. The Morgan fingerprint density at radius 3 is 2.95 bits per heavy atom. The summed E-state index contributed by atoms with van der Waals surface area (Å²) in [5.74, 6) is 0.391. The molecule has 1 fully saturated rings. The second kappa shape index (κ2) is 6.56. The molecule has 1 unspecified atom stereocenters. The Morgan fingerprint density at radius 1 is 1.41 bits per heavy atom. The molecule has 6 heteroatoms. The highest BCUT2D eigenvalue weighted by molar-refractivity contribution is 5.78. The zero-order chi connectivity index (χ0) is 15.5. The molecule has 118 valence electrons. The summed E-state index contributed by atoms with van der Waals surface area (Å²) >= 11 is 0. The van der Waals surface area contributed by atoms with Gasteiger partial charge in [0.2, 0.25) is 5.88 Å². The molecule has 0 saturated carbocycles. The third kappa shape index (κ3) is 2.90. The van der Waals surface area contributed by atoms with Crippen LogP contribution in [0.5, 0.6) is 5.88 Å². The minimum Gasteiger partial charge on any atom is -0.481 e. The molecule has 1 aliphatic heterocycles. The van der Waals surface area contributed by atoms with Crippen LogP contribution in [-0.4, -0.2) is 47.5 Å². The first-order valence-corrected chi connectivity index (χ1v) is 7.50. The summed E-state index contributed by atoms with van der Waals surface area (Å²) in [6, 6.07) is 5.64. The first-order valence-electron chi connectivity index (χ1n) is 7.50. The van der Waals surface area contributed by atoms with E-state index in [9.17, 15) is 5.11 Å². The summed E-state index contributed by atoms with van der Waals surface area (Å²) in [7, 11) is 1.58. The van der Waals surface area contributed by atoms with Crippen molar-refractivity contribution in [1.82, 2.24) is 9.97 Å². The van der Waals surface area contributed by atoms with E-state index in [4.69, 9.17) is 15.2 Å². The first-order chi connectivity index (χ1) is 10.7. The van der Waals surface area contributed by atoms with Gasteiger partial charge in [-0.25, -0.2) is 4.98 Å². The van der Waals surface area contributed by atoms with E-state index in [1.807, 2.05) is 12.1 Å². The number of ether oxygens (including phenoxy) is 2. The van der Waals surface area contributed by atoms with Crippen LogP contribution in [0.4, 0.5) is 0 Å². The van der Waals surface area contributed by atoms with Crippen molar-refractivity contribution in [2.45, 2.75) is 30.9 Å². The zero-order valence-corrected chi connectivity index (χ0v) is 12.6. The van der Waals surface area contributed by atoms with E-state index in [1.165, 1.54) is 0 Å². The van der Waals surface area contributed by atoms with Gasteiger partial charge in [0, 0.05) is 24.2 Å². The molecule has 3 heterocycles. The van der Waals surface area contributed by atoms with Gasteiger partial charge in [0.15, 0.2) is 0 Å². The highest BCUT2D eigenvalue weighted by Gasteiger charge is 2.29. The SMILES string of the molecule is COc1ccc2nccc(C(CO)[C@@H]3CC[C@@H](N)CO3)c2n1. The van der Waals surface area contributed by atoms with E-state index >= 15 is 0 Å². The molecule has 3 rings (SSSR count). The average molecular weight is 303 g/mol. The van der Waals surface area contributed by atoms with E-state index in [2.05, 4.69) is 9.97 Å². The maximum absolute atomic E-state index is 9.89. The monoisotopic (exact) mass is 303 g/mol. The van der Waals surface area contributed by atoms with Gasteiger partial charge in [-0.3, -0.25) is 4.98 Å².